The standard InChI is InChI=1S/C19H22F3N3OS/c1-11(2)25-9-8-15(10-25)24-17(26)16-12(3)23-18(27-16)13-4-6-14(7-5-13)19(20,21)22/h4-7,11,15H,8-10H2,1-3H3,(H,24,26)/t15-/m0/s1. The first kappa shape index (κ1) is 19.8. The zero-order valence-corrected chi connectivity index (χ0v) is 16.2. The first-order valence-electron chi connectivity index (χ1n) is 8.85. The number of thiazole rings is 1. The summed E-state index contributed by atoms with van der Waals surface area (Å²) in [6.45, 7) is 7.80. The number of amides is 1. The molecule has 0 radical (unpaired) electrons. The summed E-state index contributed by atoms with van der Waals surface area (Å²) >= 11 is 1.21. The summed E-state index contributed by atoms with van der Waals surface area (Å²) in [5.41, 5.74) is 0.460. The maximum absolute atomic E-state index is 12.7. The largest absolute Gasteiger partial charge is 0.416 e. The highest BCUT2D eigenvalue weighted by Crippen LogP contribution is 2.33. The van der Waals surface area contributed by atoms with Crippen LogP contribution in [-0.4, -0.2) is 41.0 Å². The van der Waals surface area contributed by atoms with Crippen molar-refractivity contribution in [1.82, 2.24) is 15.2 Å². The molecular weight excluding hydrogens is 375 g/mol. The minimum Gasteiger partial charge on any atom is -0.347 e. The Morgan fingerprint density at radius 1 is 1.30 bits per heavy atom. The summed E-state index contributed by atoms with van der Waals surface area (Å²) in [6.07, 6.45) is -3.46. The van der Waals surface area contributed by atoms with Gasteiger partial charge in [-0.2, -0.15) is 13.2 Å². The average Bonchev–Trinajstić information content (AvgIpc) is 3.21. The number of halogens is 3. The molecule has 1 aliphatic heterocycles. The number of nitrogens with zero attached hydrogens (tertiary/aromatic N) is 2. The number of hydrogen-bond donors (Lipinski definition) is 1. The predicted octanol–water partition coefficient (Wildman–Crippen LogP) is 4.35. The molecule has 1 aromatic carbocycles. The Balaban J connectivity index is 1.72. The van der Waals surface area contributed by atoms with Crippen molar-refractivity contribution in [2.24, 2.45) is 0 Å². The number of likely N-dealkylation sites (tertiary alicyclic amines) is 1. The lowest BCUT2D eigenvalue weighted by atomic mass is 10.1. The van der Waals surface area contributed by atoms with E-state index in [4.69, 9.17) is 0 Å². The van der Waals surface area contributed by atoms with Crippen LogP contribution in [0.25, 0.3) is 10.6 Å². The minimum absolute atomic E-state index is 0.107. The highest BCUT2D eigenvalue weighted by Gasteiger charge is 2.30. The maximum atomic E-state index is 12.7. The molecule has 2 heterocycles. The molecule has 1 fully saturated rings. The first-order valence-corrected chi connectivity index (χ1v) is 9.66. The molecule has 1 N–H and O–H groups in total. The minimum atomic E-state index is -4.37. The SMILES string of the molecule is Cc1nc(-c2ccc(C(F)(F)F)cc2)sc1C(=O)N[C@H]1CCN(C(C)C)C1. The lowest BCUT2D eigenvalue weighted by Gasteiger charge is -2.20. The predicted molar refractivity (Wildman–Crippen MR) is 99.9 cm³/mol. The van der Waals surface area contributed by atoms with E-state index in [1.165, 1.54) is 23.5 Å². The molecule has 1 atom stereocenters. The molecule has 4 nitrogen and oxygen atoms in total. The number of aromatic nitrogens is 1. The number of nitrogens with one attached hydrogen (secondary N) is 1. The van der Waals surface area contributed by atoms with Gasteiger partial charge in [-0.15, -0.1) is 11.3 Å². The van der Waals surface area contributed by atoms with Crippen LogP contribution in [0.3, 0.4) is 0 Å². The summed E-state index contributed by atoms with van der Waals surface area (Å²) < 4.78 is 38.1. The Morgan fingerprint density at radius 2 is 1.96 bits per heavy atom. The second-order valence-corrected chi connectivity index (χ2v) is 8.06. The summed E-state index contributed by atoms with van der Waals surface area (Å²) in [4.78, 5) is 19.8. The van der Waals surface area contributed by atoms with Gasteiger partial charge in [0.05, 0.1) is 11.3 Å². The fourth-order valence-electron chi connectivity index (χ4n) is 3.16. The van der Waals surface area contributed by atoms with E-state index in [0.29, 0.717) is 27.2 Å². The summed E-state index contributed by atoms with van der Waals surface area (Å²) in [6, 6.07) is 5.40. The van der Waals surface area contributed by atoms with Crippen LogP contribution in [0.5, 0.6) is 0 Å². The van der Waals surface area contributed by atoms with Gasteiger partial charge in [0.15, 0.2) is 0 Å². The van der Waals surface area contributed by atoms with Gasteiger partial charge in [0, 0.05) is 30.7 Å². The quantitative estimate of drug-likeness (QED) is 0.834. The number of rotatable bonds is 4. The van der Waals surface area contributed by atoms with Gasteiger partial charge in [-0.25, -0.2) is 4.98 Å². The first-order chi connectivity index (χ1) is 12.6. The number of carbonyl (C=O) groups excluding carboxylic acids is 1. The van der Waals surface area contributed by atoms with Crippen molar-refractivity contribution in [3.05, 3.63) is 40.4 Å². The molecule has 0 saturated carbocycles. The van der Waals surface area contributed by atoms with E-state index in [0.717, 1.165) is 31.6 Å². The topological polar surface area (TPSA) is 45.2 Å². The van der Waals surface area contributed by atoms with Crippen molar-refractivity contribution < 1.29 is 18.0 Å². The molecule has 0 unspecified atom stereocenters. The summed E-state index contributed by atoms with van der Waals surface area (Å²) in [5.74, 6) is -0.168. The monoisotopic (exact) mass is 397 g/mol. The second kappa shape index (κ2) is 7.59. The molecule has 1 aliphatic rings. The number of aryl methyl sites for hydroxylation is 1. The molecule has 1 amide bonds. The Labute approximate surface area is 160 Å². The third-order valence-electron chi connectivity index (χ3n) is 4.75. The van der Waals surface area contributed by atoms with Crippen molar-refractivity contribution in [3.8, 4) is 10.6 Å². The van der Waals surface area contributed by atoms with E-state index in [9.17, 15) is 18.0 Å². The lowest BCUT2D eigenvalue weighted by Crippen LogP contribution is -2.38. The molecule has 3 rings (SSSR count). The lowest BCUT2D eigenvalue weighted by molar-refractivity contribution is -0.137. The van der Waals surface area contributed by atoms with Crippen molar-refractivity contribution in [2.75, 3.05) is 13.1 Å². The highest BCUT2D eigenvalue weighted by atomic mass is 32.1. The van der Waals surface area contributed by atoms with Crippen LogP contribution < -0.4 is 5.32 Å². The molecular formula is C19H22F3N3OS. The zero-order valence-electron chi connectivity index (χ0n) is 15.4. The van der Waals surface area contributed by atoms with Crippen LogP contribution >= 0.6 is 11.3 Å². The van der Waals surface area contributed by atoms with E-state index in [-0.39, 0.29) is 11.9 Å². The van der Waals surface area contributed by atoms with Crippen molar-refractivity contribution in [2.45, 2.75) is 45.5 Å². The Bertz CT molecular complexity index is 815. The van der Waals surface area contributed by atoms with Crippen LogP contribution in [0.1, 0.15) is 41.2 Å². The molecule has 27 heavy (non-hydrogen) atoms. The number of hydrogen-bond acceptors (Lipinski definition) is 4. The van der Waals surface area contributed by atoms with E-state index in [2.05, 4.69) is 29.0 Å². The van der Waals surface area contributed by atoms with Crippen LogP contribution in [-0.2, 0) is 6.18 Å². The third kappa shape index (κ3) is 4.50. The molecule has 8 heteroatoms. The smallest absolute Gasteiger partial charge is 0.347 e. The Morgan fingerprint density at radius 3 is 2.52 bits per heavy atom. The maximum Gasteiger partial charge on any atom is 0.416 e. The average molecular weight is 397 g/mol. The molecule has 1 aromatic heterocycles. The fraction of sp³-hybridized carbons (Fsp3) is 0.474. The second-order valence-electron chi connectivity index (χ2n) is 7.06. The third-order valence-corrected chi connectivity index (χ3v) is 5.95. The van der Waals surface area contributed by atoms with E-state index in [1.54, 1.807) is 6.92 Å². The molecule has 0 aliphatic carbocycles. The van der Waals surface area contributed by atoms with Crippen LogP contribution in [0.15, 0.2) is 24.3 Å². The highest BCUT2D eigenvalue weighted by molar-refractivity contribution is 7.17. The van der Waals surface area contributed by atoms with E-state index < -0.39 is 11.7 Å². The van der Waals surface area contributed by atoms with Gasteiger partial charge >= 0.3 is 6.18 Å². The van der Waals surface area contributed by atoms with Gasteiger partial charge in [-0.05, 0) is 39.3 Å². The number of carbonyl (C=O) groups is 1. The summed E-state index contributed by atoms with van der Waals surface area (Å²) in [5, 5.41) is 3.60. The fourth-order valence-corrected chi connectivity index (χ4v) is 4.13. The van der Waals surface area contributed by atoms with Gasteiger partial charge in [0.1, 0.15) is 9.88 Å². The van der Waals surface area contributed by atoms with E-state index >= 15 is 0 Å². The molecule has 2 aromatic rings. The van der Waals surface area contributed by atoms with Crippen molar-refractivity contribution in [3.63, 3.8) is 0 Å². The molecule has 146 valence electrons. The van der Waals surface area contributed by atoms with Crippen molar-refractivity contribution in [1.29, 1.82) is 0 Å². The summed E-state index contributed by atoms with van der Waals surface area (Å²) in [7, 11) is 0. The van der Waals surface area contributed by atoms with Crippen LogP contribution in [0, 0.1) is 6.92 Å². The Hall–Kier alpha value is -1.93. The van der Waals surface area contributed by atoms with Crippen LogP contribution in [0.4, 0.5) is 13.2 Å². The van der Waals surface area contributed by atoms with Gasteiger partial charge in [-0.1, -0.05) is 12.1 Å². The normalized spacial score (nSPS) is 18.3. The van der Waals surface area contributed by atoms with Gasteiger partial charge in [0.25, 0.3) is 5.91 Å². The number of alkyl halides is 3. The van der Waals surface area contributed by atoms with E-state index in [1.807, 2.05) is 0 Å². The van der Waals surface area contributed by atoms with Crippen molar-refractivity contribution >= 4 is 17.2 Å². The van der Waals surface area contributed by atoms with Crippen LogP contribution in [0.2, 0.25) is 0 Å². The zero-order chi connectivity index (χ0) is 19.8. The number of benzene rings is 1. The molecule has 1 saturated heterocycles. The molecule has 0 spiro atoms. The molecule has 0 bridgehead atoms. The van der Waals surface area contributed by atoms with Gasteiger partial charge in [0.2, 0.25) is 0 Å². The Kier molecular flexibility index (Phi) is 5.58. The van der Waals surface area contributed by atoms with Gasteiger partial charge in [-0.3, -0.25) is 9.69 Å². The van der Waals surface area contributed by atoms with Gasteiger partial charge < -0.3 is 5.32 Å².